The zero-order valence-corrected chi connectivity index (χ0v) is 10.7. The van der Waals surface area contributed by atoms with Crippen molar-refractivity contribution >= 4 is 0 Å². The van der Waals surface area contributed by atoms with Crippen molar-refractivity contribution < 1.29 is 17.6 Å². The van der Waals surface area contributed by atoms with Crippen molar-refractivity contribution in [3.8, 4) is 11.8 Å². The van der Waals surface area contributed by atoms with Crippen molar-refractivity contribution in [2.45, 2.75) is 13.1 Å². The van der Waals surface area contributed by atoms with Crippen molar-refractivity contribution in [2.75, 3.05) is 0 Å². The first kappa shape index (κ1) is 14.8. The lowest BCUT2D eigenvalue weighted by molar-refractivity contribution is -0.142. The molecule has 1 heterocycles. The highest BCUT2D eigenvalue weighted by Gasteiger charge is 2.36. The van der Waals surface area contributed by atoms with Gasteiger partial charge in [-0.05, 0) is 42.8 Å². The van der Waals surface area contributed by atoms with Gasteiger partial charge in [0.25, 0.3) is 5.56 Å². The highest BCUT2D eigenvalue weighted by molar-refractivity contribution is 5.43. The Morgan fingerprint density at radius 1 is 1.19 bits per heavy atom. The van der Waals surface area contributed by atoms with Crippen LogP contribution in [0, 0.1) is 24.1 Å². The Morgan fingerprint density at radius 2 is 1.76 bits per heavy atom. The summed E-state index contributed by atoms with van der Waals surface area (Å²) in [6, 6.07) is 6.28. The quantitative estimate of drug-likeness (QED) is 0.759. The Morgan fingerprint density at radius 3 is 2.24 bits per heavy atom. The number of hydrogen-bond acceptors (Lipinski definition) is 2. The Labute approximate surface area is 116 Å². The Balaban J connectivity index is 2.88. The predicted molar refractivity (Wildman–Crippen MR) is 66.5 cm³/mol. The van der Waals surface area contributed by atoms with Gasteiger partial charge in [0.2, 0.25) is 0 Å². The van der Waals surface area contributed by atoms with Crippen LogP contribution in [0.25, 0.3) is 5.69 Å². The maximum Gasteiger partial charge on any atom is 0.431 e. The number of aromatic nitrogens is 1. The normalized spacial score (nSPS) is 11.2. The molecule has 0 N–H and O–H groups in total. The molecule has 0 saturated carbocycles. The van der Waals surface area contributed by atoms with Crippen molar-refractivity contribution in [3.63, 3.8) is 0 Å². The van der Waals surface area contributed by atoms with Gasteiger partial charge in [-0.2, -0.15) is 18.4 Å². The molecule has 0 unspecified atom stereocenters. The van der Waals surface area contributed by atoms with Crippen molar-refractivity contribution in [1.82, 2.24) is 4.57 Å². The summed E-state index contributed by atoms with van der Waals surface area (Å²) in [5.74, 6) is -0.645. The third-order valence-electron chi connectivity index (χ3n) is 2.89. The van der Waals surface area contributed by atoms with E-state index in [1.807, 2.05) is 0 Å². The predicted octanol–water partition coefficient (Wildman–Crippen LogP) is 3.18. The molecule has 0 fully saturated rings. The molecular weight excluding hydrogens is 288 g/mol. The lowest BCUT2D eigenvalue weighted by Crippen LogP contribution is -2.29. The highest BCUT2D eigenvalue weighted by atomic mass is 19.4. The van der Waals surface area contributed by atoms with E-state index in [4.69, 9.17) is 5.26 Å². The van der Waals surface area contributed by atoms with Gasteiger partial charge in [-0.3, -0.25) is 9.36 Å². The maximum atomic E-state index is 13.1. The van der Waals surface area contributed by atoms with Crippen LogP contribution in [-0.2, 0) is 6.18 Å². The molecule has 0 aliphatic heterocycles. The fourth-order valence-electron chi connectivity index (χ4n) is 1.92. The van der Waals surface area contributed by atoms with E-state index in [9.17, 15) is 22.4 Å². The van der Waals surface area contributed by atoms with E-state index in [0.29, 0.717) is 4.57 Å². The maximum absolute atomic E-state index is 13.1. The van der Waals surface area contributed by atoms with Crippen LogP contribution in [0.15, 0.2) is 35.1 Å². The first-order valence-corrected chi connectivity index (χ1v) is 5.75. The molecule has 3 nitrogen and oxygen atoms in total. The van der Waals surface area contributed by atoms with Crippen LogP contribution >= 0.6 is 0 Å². The molecule has 0 amide bonds. The molecule has 1 aromatic carbocycles. The fourth-order valence-corrected chi connectivity index (χ4v) is 1.92. The average Bonchev–Trinajstić information content (AvgIpc) is 2.39. The molecule has 1 aromatic heterocycles. The summed E-state index contributed by atoms with van der Waals surface area (Å²) in [5.41, 5.74) is -2.90. The summed E-state index contributed by atoms with van der Waals surface area (Å²) in [7, 11) is 0. The highest BCUT2D eigenvalue weighted by Crippen LogP contribution is 2.31. The first-order chi connectivity index (χ1) is 9.75. The Kier molecular flexibility index (Phi) is 3.56. The summed E-state index contributed by atoms with van der Waals surface area (Å²) in [6.07, 6.45) is -4.79. The van der Waals surface area contributed by atoms with Gasteiger partial charge in [-0.1, -0.05) is 0 Å². The Hall–Kier alpha value is -2.62. The van der Waals surface area contributed by atoms with E-state index in [-0.39, 0.29) is 16.8 Å². The monoisotopic (exact) mass is 296 g/mol. The fraction of sp³-hybridized carbons (Fsp3) is 0.143. The van der Waals surface area contributed by atoms with Crippen LogP contribution in [-0.4, -0.2) is 4.57 Å². The molecule has 0 saturated heterocycles. The van der Waals surface area contributed by atoms with Crippen LogP contribution in [0.5, 0.6) is 0 Å². The van der Waals surface area contributed by atoms with Gasteiger partial charge in [-0.15, -0.1) is 0 Å². The van der Waals surface area contributed by atoms with Gasteiger partial charge in [-0.25, -0.2) is 4.39 Å². The van der Waals surface area contributed by atoms with Crippen LogP contribution in [0.1, 0.15) is 16.8 Å². The van der Waals surface area contributed by atoms with Crippen molar-refractivity contribution in [2.24, 2.45) is 0 Å². The molecule has 0 aliphatic carbocycles. The SMILES string of the molecule is Cc1cc(C(F)(F)F)n(-c2ccc(F)cc2)c(=O)c1C#N. The number of alkyl halides is 3. The number of rotatable bonds is 1. The zero-order valence-electron chi connectivity index (χ0n) is 10.7. The molecule has 0 aliphatic rings. The van der Waals surface area contributed by atoms with Crippen molar-refractivity contribution in [1.29, 1.82) is 5.26 Å². The molecule has 0 radical (unpaired) electrons. The van der Waals surface area contributed by atoms with Crippen LogP contribution in [0.2, 0.25) is 0 Å². The minimum atomic E-state index is -4.79. The molecule has 108 valence electrons. The Bertz CT molecular complexity index is 783. The average molecular weight is 296 g/mol. The largest absolute Gasteiger partial charge is 0.431 e. The van der Waals surface area contributed by atoms with E-state index >= 15 is 0 Å². The van der Waals surface area contributed by atoms with Crippen LogP contribution < -0.4 is 5.56 Å². The van der Waals surface area contributed by atoms with E-state index in [2.05, 4.69) is 0 Å². The molecule has 7 heteroatoms. The van der Waals surface area contributed by atoms with E-state index in [0.717, 1.165) is 30.3 Å². The summed E-state index contributed by atoms with van der Waals surface area (Å²) in [5, 5.41) is 8.90. The molecule has 0 atom stereocenters. The standard InChI is InChI=1S/C14H8F4N2O/c1-8-6-12(14(16,17)18)20(13(21)11(8)7-19)10-4-2-9(15)3-5-10/h2-6H,1H3. The second kappa shape index (κ2) is 5.05. The number of benzene rings is 1. The lowest BCUT2D eigenvalue weighted by atomic mass is 10.1. The third-order valence-corrected chi connectivity index (χ3v) is 2.89. The van der Waals surface area contributed by atoms with E-state index in [1.54, 1.807) is 6.07 Å². The summed E-state index contributed by atoms with van der Waals surface area (Å²) in [4.78, 5) is 12.1. The van der Waals surface area contributed by atoms with E-state index < -0.39 is 23.2 Å². The van der Waals surface area contributed by atoms with Gasteiger partial charge in [0.05, 0.1) is 0 Å². The van der Waals surface area contributed by atoms with Gasteiger partial charge in [0, 0.05) is 5.69 Å². The molecule has 2 aromatic rings. The number of nitriles is 1. The number of halogens is 4. The number of aryl methyl sites for hydroxylation is 1. The summed E-state index contributed by atoms with van der Waals surface area (Å²) in [6.45, 7) is 1.25. The summed E-state index contributed by atoms with van der Waals surface area (Å²) >= 11 is 0. The second-order valence-electron chi connectivity index (χ2n) is 4.31. The summed E-state index contributed by atoms with van der Waals surface area (Å²) < 4.78 is 52.5. The molecule has 0 bridgehead atoms. The van der Waals surface area contributed by atoms with Gasteiger partial charge in [0.1, 0.15) is 23.1 Å². The molecular formula is C14H8F4N2O. The van der Waals surface area contributed by atoms with Crippen LogP contribution in [0.4, 0.5) is 17.6 Å². The smallest absolute Gasteiger partial charge is 0.271 e. The number of hydrogen-bond donors (Lipinski definition) is 0. The minimum Gasteiger partial charge on any atom is -0.271 e. The lowest BCUT2D eigenvalue weighted by Gasteiger charge is -2.16. The minimum absolute atomic E-state index is 0.0619. The third kappa shape index (κ3) is 2.65. The topological polar surface area (TPSA) is 45.8 Å². The number of nitrogens with zero attached hydrogens (tertiary/aromatic N) is 2. The molecule has 2 rings (SSSR count). The van der Waals surface area contributed by atoms with Gasteiger partial charge in [0.15, 0.2) is 0 Å². The molecule has 0 spiro atoms. The first-order valence-electron chi connectivity index (χ1n) is 5.75. The second-order valence-corrected chi connectivity index (χ2v) is 4.31. The van der Waals surface area contributed by atoms with Gasteiger partial charge >= 0.3 is 6.18 Å². The van der Waals surface area contributed by atoms with Crippen LogP contribution in [0.3, 0.4) is 0 Å². The molecule has 21 heavy (non-hydrogen) atoms. The number of pyridine rings is 1. The van der Waals surface area contributed by atoms with Crippen molar-refractivity contribution in [3.05, 3.63) is 63.3 Å². The van der Waals surface area contributed by atoms with Gasteiger partial charge < -0.3 is 0 Å². The zero-order chi connectivity index (χ0) is 15.8. The van der Waals surface area contributed by atoms with E-state index in [1.165, 1.54) is 6.92 Å².